The van der Waals surface area contributed by atoms with Crippen molar-refractivity contribution < 1.29 is 17.2 Å². The van der Waals surface area contributed by atoms with Gasteiger partial charge in [-0.05, 0) is 36.9 Å². The first kappa shape index (κ1) is 19.0. The molecule has 4 rings (SSSR count). The first-order valence-electron chi connectivity index (χ1n) is 9.07. The highest BCUT2D eigenvalue weighted by molar-refractivity contribution is 7.90. The van der Waals surface area contributed by atoms with Gasteiger partial charge in [0.05, 0.1) is 10.4 Å². The zero-order valence-electron chi connectivity index (χ0n) is 15.5. The number of aromatic nitrogens is 1. The van der Waals surface area contributed by atoms with Crippen LogP contribution >= 0.6 is 0 Å². The van der Waals surface area contributed by atoms with Crippen molar-refractivity contribution in [3.63, 3.8) is 0 Å². The van der Waals surface area contributed by atoms with E-state index in [-0.39, 0.29) is 4.90 Å². The van der Waals surface area contributed by atoms with Crippen LogP contribution < -0.4 is 0 Å². The lowest BCUT2D eigenvalue weighted by molar-refractivity contribution is 0.148. The van der Waals surface area contributed by atoms with Gasteiger partial charge in [-0.1, -0.05) is 18.2 Å². The molecule has 2 heterocycles. The SMILES string of the molecule is CN1CCN(Cc2cn(S(=O)(=O)c3ccc(F)c(F)c3)c3ccccc23)CC1. The van der Waals surface area contributed by atoms with Crippen molar-refractivity contribution in [2.75, 3.05) is 33.2 Å². The zero-order chi connectivity index (χ0) is 19.9. The third kappa shape index (κ3) is 3.43. The van der Waals surface area contributed by atoms with Crippen LogP contribution in [-0.2, 0) is 16.6 Å². The van der Waals surface area contributed by atoms with Gasteiger partial charge in [-0.3, -0.25) is 4.90 Å². The Kier molecular flexibility index (Phi) is 4.95. The highest BCUT2D eigenvalue weighted by atomic mass is 32.2. The molecule has 0 saturated carbocycles. The minimum atomic E-state index is -4.05. The second-order valence-corrected chi connectivity index (χ2v) is 8.94. The van der Waals surface area contributed by atoms with E-state index in [9.17, 15) is 17.2 Å². The highest BCUT2D eigenvalue weighted by Gasteiger charge is 2.24. The number of fused-ring (bicyclic) bond motifs is 1. The van der Waals surface area contributed by atoms with Gasteiger partial charge in [0.1, 0.15) is 0 Å². The summed E-state index contributed by atoms with van der Waals surface area (Å²) in [5.41, 5.74) is 1.42. The molecule has 8 heteroatoms. The van der Waals surface area contributed by atoms with E-state index in [0.717, 1.165) is 55.3 Å². The summed E-state index contributed by atoms with van der Waals surface area (Å²) in [7, 11) is -1.97. The fourth-order valence-corrected chi connectivity index (χ4v) is 4.94. The van der Waals surface area contributed by atoms with Crippen LogP contribution in [0.25, 0.3) is 10.9 Å². The molecule has 0 amide bonds. The molecule has 0 atom stereocenters. The molecule has 1 aromatic heterocycles. The molecule has 0 aliphatic carbocycles. The maximum Gasteiger partial charge on any atom is 0.268 e. The summed E-state index contributed by atoms with van der Waals surface area (Å²) < 4.78 is 54.3. The first-order valence-corrected chi connectivity index (χ1v) is 10.5. The predicted molar refractivity (Wildman–Crippen MR) is 104 cm³/mol. The molecule has 0 bridgehead atoms. The van der Waals surface area contributed by atoms with Crippen LogP contribution in [0, 0.1) is 11.6 Å². The number of benzene rings is 2. The van der Waals surface area contributed by atoms with Crippen LogP contribution in [0.1, 0.15) is 5.56 Å². The molecule has 0 unspecified atom stereocenters. The van der Waals surface area contributed by atoms with Gasteiger partial charge in [0.15, 0.2) is 11.6 Å². The highest BCUT2D eigenvalue weighted by Crippen LogP contribution is 2.27. The normalized spacial score (nSPS) is 16.7. The number of piperazine rings is 1. The summed E-state index contributed by atoms with van der Waals surface area (Å²) in [6.45, 7) is 4.38. The third-order valence-corrected chi connectivity index (χ3v) is 6.87. The van der Waals surface area contributed by atoms with Crippen molar-refractivity contribution in [2.45, 2.75) is 11.4 Å². The Morgan fingerprint density at radius 1 is 0.964 bits per heavy atom. The molecule has 1 aliphatic heterocycles. The molecule has 1 fully saturated rings. The monoisotopic (exact) mass is 405 g/mol. The fraction of sp³-hybridized carbons (Fsp3) is 0.300. The van der Waals surface area contributed by atoms with Crippen molar-refractivity contribution in [3.05, 3.63) is 65.9 Å². The minimum absolute atomic E-state index is 0.279. The van der Waals surface area contributed by atoms with Crippen molar-refractivity contribution in [1.29, 1.82) is 0 Å². The average molecular weight is 405 g/mol. The second-order valence-electron chi connectivity index (χ2n) is 7.13. The molecule has 1 aliphatic rings. The fourth-order valence-electron chi connectivity index (χ4n) is 3.54. The quantitative estimate of drug-likeness (QED) is 0.670. The van der Waals surface area contributed by atoms with E-state index in [1.54, 1.807) is 18.3 Å². The van der Waals surface area contributed by atoms with Crippen molar-refractivity contribution in [2.24, 2.45) is 0 Å². The summed E-state index contributed by atoms with van der Waals surface area (Å²) in [6, 6.07) is 9.88. The standard InChI is InChI=1S/C20H21F2N3O2S/c1-23-8-10-24(11-9-23)13-15-14-25(20-5-3-2-4-17(15)20)28(26,27)16-6-7-18(21)19(22)12-16/h2-7,12,14H,8-11,13H2,1H3. The number of hydrogen-bond acceptors (Lipinski definition) is 4. The van der Waals surface area contributed by atoms with E-state index >= 15 is 0 Å². The lowest BCUT2D eigenvalue weighted by Gasteiger charge is -2.32. The Morgan fingerprint density at radius 2 is 1.68 bits per heavy atom. The van der Waals surface area contributed by atoms with Crippen molar-refractivity contribution in [3.8, 4) is 0 Å². The van der Waals surface area contributed by atoms with Crippen LogP contribution in [0.2, 0.25) is 0 Å². The lowest BCUT2D eigenvalue weighted by Crippen LogP contribution is -2.43. The second kappa shape index (κ2) is 7.27. The lowest BCUT2D eigenvalue weighted by atomic mass is 10.1. The van der Waals surface area contributed by atoms with Gasteiger partial charge in [-0.25, -0.2) is 21.2 Å². The molecule has 0 spiro atoms. The maximum atomic E-state index is 13.6. The Morgan fingerprint density at radius 3 is 2.39 bits per heavy atom. The average Bonchev–Trinajstić information content (AvgIpc) is 3.05. The predicted octanol–water partition coefficient (Wildman–Crippen LogP) is 2.90. The summed E-state index contributed by atoms with van der Waals surface area (Å²) in [6.07, 6.45) is 1.60. The third-order valence-electron chi connectivity index (χ3n) is 5.20. The number of rotatable bonds is 4. The zero-order valence-corrected chi connectivity index (χ0v) is 16.3. The summed E-state index contributed by atoms with van der Waals surface area (Å²) >= 11 is 0. The van der Waals surface area contributed by atoms with Gasteiger partial charge in [0, 0.05) is 44.3 Å². The molecule has 0 N–H and O–H groups in total. The Labute approximate surface area is 162 Å². The maximum absolute atomic E-state index is 13.6. The molecule has 3 aromatic rings. The number of nitrogens with zero attached hydrogens (tertiary/aromatic N) is 3. The van der Waals surface area contributed by atoms with Crippen LogP contribution in [0.3, 0.4) is 0 Å². The summed E-state index contributed by atoms with van der Waals surface area (Å²) in [4.78, 5) is 4.27. The minimum Gasteiger partial charge on any atom is -0.304 e. The number of para-hydroxylation sites is 1. The molecular formula is C20H21F2N3O2S. The van der Waals surface area contributed by atoms with Gasteiger partial charge in [-0.15, -0.1) is 0 Å². The van der Waals surface area contributed by atoms with E-state index in [1.165, 1.54) is 3.97 Å². The van der Waals surface area contributed by atoms with Gasteiger partial charge < -0.3 is 4.90 Å². The Balaban J connectivity index is 1.76. The Bertz CT molecular complexity index is 1120. The molecule has 5 nitrogen and oxygen atoms in total. The van der Waals surface area contributed by atoms with Gasteiger partial charge in [0.25, 0.3) is 10.0 Å². The first-order chi connectivity index (χ1) is 13.4. The number of likely N-dealkylation sites (N-methyl/N-ethyl adjacent to an activating group) is 1. The summed E-state index contributed by atoms with van der Waals surface area (Å²) in [5, 5.41) is 0.840. The summed E-state index contributed by atoms with van der Waals surface area (Å²) in [5.74, 6) is -2.26. The largest absolute Gasteiger partial charge is 0.304 e. The molecule has 0 radical (unpaired) electrons. The number of hydrogen-bond donors (Lipinski definition) is 0. The van der Waals surface area contributed by atoms with Crippen LogP contribution in [-0.4, -0.2) is 55.4 Å². The van der Waals surface area contributed by atoms with Gasteiger partial charge in [-0.2, -0.15) is 0 Å². The van der Waals surface area contributed by atoms with Crippen LogP contribution in [0.5, 0.6) is 0 Å². The molecular weight excluding hydrogens is 384 g/mol. The number of halogens is 2. The van der Waals surface area contributed by atoms with E-state index in [2.05, 4.69) is 16.8 Å². The van der Waals surface area contributed by atoms with E-state index in [1.807, 2.05) is 12.1 Å². The molecule has 28 heavy (non-hydrogen) atoms. The van der Waals surface area contributed by atoms with Crippen molar-refractivity contribution in [1.82, 2.24) is 13.8 Å². The smallest absolute Gasteiger partial charge is 0.268 e. The molecule has 1 saturated heterocycles. The van der Waals surface area contributed by atoms with E-state index < -0.39 is 21.7 Å². The van der Waals surface area contributed by atoms with Gasteiger partial charge >= 0.3 is 0 Å². The van der Waals surface area contributed by atoms with E-state index in [0.29, 0.717) is 12.1 Å². The van der Waals surface area contributed by atoms with Crippen LogP contribution in [0.15, 0.2) is 53.6 Å². The molecule has 148 valence electrons. The molecule has 2 aromatic carbocycles. The van der Waals surface area contributed by atoms with E-state index in [4.69, 9.17) is 0 Å². The van der Waals surface area contributed by atoms with Crippen LogP contribution in [0.4, 0.5) is 8.78 Å². The topological polar surface area (TPSA) is 45.5 Å². The van der Waals surface area contributed by atoms with Crippen molar-refractivity contribution >= 4 is 20.9 Å². The Hall–Kier alpha value is -2.29. The van der Waals surface area contributed by atoms with Gasteiger partial charge in [0.2, 0.25) is 0 Å².